The van der Waals surface area contributed by atoms with Gasteiger partial charge in [0.05, 0.1) is 12.1 Å². The quantitative estimate of drug-likeness (QED) is 0.921. The Hall–Kier alpha value is -2.44. The van der Waals surface area contributed by atoms with E-state index in [1.807, 2.05) is 22.6 Å². The fraction of sp³-hybridized carbons (Fsp3) is 0.471. The first-order chi connectivity index (χ1) is 11.6. The number of nitrogens with one attached hydrogen (secondary N) is 1. The third-order valence-electron chi connectivity index (χ3n) is 5.07. The monoisotopic (exact) mass is 329 g/mol. The van der Waals surface area contributed by atoms with E-state index in [1.54, 1.807) is 12.4 Å². The fourth-order valence-electron chi connectivity index (χ4n) is 3.86. The molecule has 0 bridgehead atoms. The summed E-state index contributed by atoms with van der Waals surface area (Å²) >= 11 is 0. The van der Waals surface area contributed by atoms with E-state index in [9.17, 15) is 9.18 Å². The second-order valence-electron chi connectivity index (χ2n) is 6.50. The Morgan fingerprint density at radius 3 is 3.04 bits per heavy atom. The van der Waals surface area contributed by atoms with Crippen LogP contribution in [0.25, 0.3) is 0 Å². The average Bonchev–Trinajstić information content (AvgIpc) is 3.27. The van der Waals surface area contributed by atoms with Gasteiger partial charge < -0.3 is 14.8 Å². The molecule has 2 heterocycles. The van der Waals surface area contributed by atoms with Gasteiger partial charge in [-0.2, -0.15) is 0 Å². The smallest absolute Gasteiger partial charge is 0.318 e. The maximum absolute atomic E-state index is 13.9. The van der Waals surface area contributed by atoms with Crippen molar-refractivity contribution in [2.24, 2.45) is 7.05 Å². The van der Waals surface area contributed by atoms with Crippen LogP contribution in [0.1, 0.15) is 48.3 Å². The van der Waals surface area contributed by atoms with E-state index >= 15 is 0 Å². The van der Waals surface area contributed by atoms with E-state index in [0.29, 0.717) is 13.0 Å². The summed E-state index contributed by atoms with van der Waals surface area (Å²) in [6, 6.07) is 4.81. The third-order valence-corrected chi connectivity index (χ3v) is 5.07. The molecular formula is C17H20FN5O. The summed E-state index contributed by atoms with van der Waals surface area (Å²) in [5.74, 6) is 0.628. The van der Waals surface area contributed by atoms with Crippen molar-refractivity contribution in [1.29, 1.82) is 0 Å². The molecule has 0 spiro atoms. The van der Waals surface area contributed by atoms with E-state index in [4.69, 9.17) is 0 Å². The first-order valence-electron chi connectivity index (χ1n) is 8.33. The fourth-order valence-corrected chi connectivity index (χ4v) is 3.86. The lowest BCUT2D eigenvalue weighted by Gasteiger charge is -2.26. The van der Waals surface area contributed by atoms with Crippen LogP contribution < -0.4 is 5.32 Å². The molecule has 1 aliphatic carbocycles. The number of carbonyl (C=O) groups is 1. The van der Waals surface area contributed by atoms with Crippen LogP contribution in [0.4, 0.5) is 9.18 Å². The van der Waals surface area contributed by atoms with Crippen molar-refractivity contribution in [3.63, 3.8) is 0 Å². The SMILES string of the molecule is Cn1cnnc1C1CCCN1C(=O)NC1CCc2c(F)cccc21. The van der Waals surface area contributed by atoms with Gasteiger partial charge in [-0.1, -0.05) is 12.1 Å². The Morgan fingerprint density at radius 1 is 1.38 bits per heavy atom. The van der Waals surface area contributed by atoms with Gasteiger partial charge in [-0.15, -0.1) is 10.2 Å². The molecule has 126 valence electrons. The molecule has 1 N–H and O–H groups in total. The van der Waals surface area contributed by atoms with Gasteiger partial charge in [0.15, 0.2) is 5.82 Å². The number of halogens is 1. The van der Waals surface area contributed by atoms with Gasteiger partial charge in [-0.05, 0) is 42.9 Å². The molecular weight excluding hydrogens is 309 g/mol. The summed E-state index contributed by atoms with van der Waals surface area (Å²) in [5.41, 5.74) is 1.63. The van der Waals surface area contributed by atoms with Crippen LogP contribution in [-0.4, -0.2) is 32.2 Å². The van der Waals surface area contributed by atoms with Crippen molar-refractivity contribution < 1.29 is 9.18 Å². The van der Waals surface area contributed by atoms with Crippen LogP contribution in [-0.2, 0) is 13.5 Å². The minimum absolute atomic E-state index is 0.0501. The number of benzene rings is 1. The van der Waals surface area contributed by atoms with Crippen molar-refractivity contribution in [1.82, 2.24) is 25.0 Å². The Kier molecular flexibility index (Phi) is 3.70. The van der Waals surface area contributed by atoms with Gasteiger partial charge in [0.25, 0.3) is 0 Å². The molecule has 6 nitrogen and oxygen atoms in total. The van der Waals surface area contributed by atoms with Crippen LogP contribution in [0.15, 0.2) is 24.5 Å². The lowest BCUT2D eigenvalue weighted by molar-refractivity contribution is 0.186. The van der Waals surface area contributed by atoms with Gasteiger partial charge >= 0.3 is 6.03 Å². The summed E-state index contributed by atoms with van der Waals surface area (Å²) in [5, 5.41) is 11.1. The molecule has 0 saturated carbocycles. The highest BCUT2D eigenvalue weighted by Crippen LogP contribution is 2.34. The van der Waals surface area contributed by atoms with Gasteiger partial charge in [-0.3, -0.25) is 0 Å². The number of amides is 2. The van der Waals surface area contributed by atoms with Gasteiger partial charge in [0.1, 0.15) is 12.1 Å². The summed E-state index contributed by atoms with van der Waals surface area (Å²) in [4.78, 5) is 14.6. The van der Waals surface area contributed by atoms with E-state index < -0.39 is 0 Å². The van der Waals surface area contributed by atoms with E-state index in [0.717, 1.165) is 36.2 Å². The van der Waals surface area contributed by atoms with Crippen molar-refractivity contribution in [3.05, 3.63) is 47.3 Å². The summed E-state index contributed by atoms with van der Waals surface area (Å²) in [6.45, 7) is 0.700. The molecule has 2 atom stereocenters. The van der Waals surface area contributed by atoms with Crippen molar-refractivity contribution in [2.75, 3.05) is 6.54 Å². The lowest BCUT2D eigenvalue weighted by atomic mass is 10.1. The largest absolute Gasteiger partial charge is 0.331 e. The van der Waals surface area contributed by atoms with E-state index in [1.165, 1.54) is 6.07 Å². The normalized spacial score (nSPS) is 22.7. The van der Waals surface area contributed by atoms with Crippen molar-refractivity contribution in [3.8, 4) is 0 Å². The first kappa shape index (κ1) is 15.1. The maximum atomic E-state index is 13.9. The average molecular weight is 329 g/mol. The molecule has 1 saturated heterocycles. The Morgan fingerprint density at radius 2 is 2.25 bits per heavy atom. The van der Waals surface area contributed by atoms with Crippen molar-refractivity contribution >= 4 is 6.03 Å². The number of nitrogens with zero attached hydrogens (tertiary/aromatic N) is 4. The summed E-state index contributed by atoms with van der Waals surface area (Å²) < 4.78 is 15.7. The minimum Gasteiger partial charge on any atom is -0.331 e. The number of hydrogen-bond acceptors (Lipinski definition) is 3. The van der Waals surface area contributed by atoms with Crippen LogP contribution in [0.5, 0.6) is 0 Å². The van der Waals surface area contributed by atoms with Crippen molar-refractivity contribution in [2.45, 2.75) is 37.8 Å². The predicted molar refractivity (Wildman–Crippen MR) is 85.7 cm³/mol. The Labute approximate surface area is 139 Å². The highest BCUT2D eigenvalue weighted by Gasteiger charge is 2.35. The number of aryl methyl sites for hydroxylation is 1. The number of urea groups is 1. The van der Waals surface area contributed by atoms with Crippen LogP contribution >= 0.6 is 0 Å². The van der Waals surface area contributed by atoms with Gasteiger partial charge in [-0.25, -0.2) is 9.18 Å². The number of carbonyl (C=O) groups excluding carboxylic acids is 1. The first-order valence-corrected chi connectivity index (χ1v) is 8.33. The molecule has 4 rings (SSSR count). The molecule has 2 amide bonds. The van der Waals surface area contributed by atoms with Gasteiger partial charge in [0, 0.05) is 13.6 Å². The Bertz CT molecular complexity index is 774. The second-order valence-corrected chi connectivity index (χ2v) is 6.50. The zero-order chi connectivity index (χ0) is 16.7. The van der Waals surface area contributed by atoms with Crippen LogP contribution in [0.2, 0.25) is 0 Å². The highest BCUT2D eigenvalue weighted by molar-refractivity contribution is 5.75. The number of likely N-dealkylation sites (tertiary alicyclic amines) is 1. The van der Waals surface area contributed by atoms with E-state index in [2.05, 4.69) is 15.5 Å². The van der Waals surface area contributed by atoms with E-state index in [-0.39, 0.29) is 23.9 Å². The molecule has 1 aromatic heterocycles. The number of rotatable bonds is 2. The number of fused-ring (bicyclic) bond motifs is 1. The third kappa shape index (κ3) is 2.44. The molecule has 24 heavy (non-hydrogen) atoms. The highest BCUT2D eigenvalue weighted by atomic mass is 19.1. The predicted octanol–water partition coefficient (Wildman–Crippen LogP) is 2.49. The number of hydrogen-bond donors (Lipinski definition) is 1. The zero-order valence-electron chi connectivity index (χ0n) is 13.6. The van der Waals surface area contributed by atoms with Crippen LogP contribution in [0.3, 0.4) is 0 Å². The molecule has 2 aromatic rings. The zero-order valence-corrected chi connectivity index (χ0v) is 13.6. The topological polar surface area (TPSA) is 63.1 Å². The number of aromatic nitrogens is 3. The second kappa shape index (κ2) is 5.89. The molecule has 1 aromatic carbocycles. The molecule has 1 fully saturated rings. The van der Waals surface area contributed by atoms with Gasteiger partial charge in [0.2, 0.25) is 0 Å². The van der Waals surface area contributed by atoms with Crippen LogP contribution in [0, 0.1) is 5.82 Å². The summed E-state index contributed by atoms with van der Waals surface area (Å²) in [6.07, 6.45) is 4.89. The molecule has 7 heteroatoms. The molecule has 2 unspecified atom stereocenters. The molecule has 0 radical (unpaired) electrons. The molecule has 1 aliphatic heterocycles. The summed E-state index contributed by atoms with van der Waals surface area (Å²) in [7, 11) is 1.89. The standard InChI is InChI=1S/C17H20FN5O/c1-22-10-19-21-16(22)15-6-3-9-23(15)17(24)20-14-8-7-11-12(14)4-2-5-13(11)18/h2,4-5,10,14-15H,3,6-9H2,1H3,(H,20,24). The maximum Gasteiger partial charge on any atom is 0.318 e. The minimum atomic E-state index is -0.178. The molecule has 2 aliphatic rings. The Balaban J connectivity index is 1.51. The lowest BCUT2D eigenvalue weighted by Crippen LogP contribution is -2.41.